The van der Waals surface area contributed by atoms with Gasteiger partial charge in [-0.25, -0.2) is 0 Å². The lowest BCUT2D eigenvalue weighted by molar-refractivity contribution is 1.31. The lowest BCUT2D eigenvalue weighted by Crippen LogP contribution is -1.89. The second-order valence-electron chi connectivity index (χ2n) is 3.02. The topological polar surface area (TPSA) is 37.3 Å². The number of pyridine rings is 1. The van der Waals surface area contributed by atoms with Crippen molar-refractivity contribution in [2.75, 3.05) is 5.43 Å². The van der Waals surface area contributed by atoms with E-state index in [-0.39, 0.29) is 0 Å². The van der Waals surface area contributed by atoms with E-state index in [4.69, 9.17) is 0 Å². The zero-order chi connectivity index (χ0) is 10.3. The number of hydrogen-bond acceptors (Lipinski definition) is 3. The van der Waals surface area contributed by atoms with E-state index in [1.165, 1.54) is 0 Å². The summed E-state index contributed by atoms with van der Waals surface area (Å²) >= 11 is 0. The highest BCUT2D eigenvalue weighted by Gasteiger charge is 1.85. The Morgan fingerprint density at radius 3 is 2.47 bits per heavy atom. The zero-order valence-corrected chi connectivity index (χ0v) is 8.17. The van der Waals surface area contributed by atoms with E-state index >= 15 is 0 Å². The molecule has 0 aliphatic rings. The molecule has 0 fully saturated rings. The molecule has 0 saturated heterocycles. The Morgan fingerprint density at radius 1 is 1.00 bits per heavy atom. The van der Waals surface area contributed by atoms with Crippen LogP contribution in [0.25, 0.3) is 0 Å². The largest absolute Gasteiger partial charge is 0.279 e. The molecule has 2 rings (SSSR count). The molecule has 0 bridgehead atoms. The lowest BCUT2D eigenvalue weighted by Gasteiger charge is -1.97. The fourth-order valence-electron chi connectivity index (χ4n) is 1.14. The standard InChI is InChI=1S/C12H11N3/c1-2-4-12(5-3-1)15-14-10-11-6-8-13-9-7-11/h1-10,15H/b14-10+. The molecule has 74 valence electrons. The van der Waals surface area contributed by atoms with Gasteiger partial charge in [0.2, 0.25) is 0 Å². The minimum atomic E-state index is 0.975. The number of rotatable bonds is 3. The molecule has 1 N–H and O–H groups in total. The van der Waals surface area contributed by atoms with Crippen LogP contribution >= 0.6 is 0 Å². The van der Waals surface area contributed by atoms with E-state index in [0.29, 0.717) is 0 Å². The third-order valence-electron chi connectivity index (χ3n) is 1.89. The molecule has 3 nitrogen and oxygen atoms in total. The number of para-hydroxylation sites is 1. The third kappa shape index (κ3) is 2.91. The van der Waals surface area contributed by atoms with Crippen LogP contribution in [-0.2, 0) is 0 Å². The lowest BCUT2D eigenvalue weighted by atomic mass is 10.3. The normalized spacial score (nSPS) is 10.4. The molecule has 0 spiro atoms. The highest BCUT2D eigenvalue weighted by Crippen LogP contribution is 2.04. The third-order valence-corrected chi connectivity index (χ3v) is 1.89. The predicted molar refractivity (Wildman–Crippen MR) is 61.9 cm³/mol. The van der Waals surface area contributed by atoms with Gasteiger partial charge in [-0.15, -0.1) is 0 Å². The molecular weight excluding hydrogens is 186 g/mol. The van der Waals surface area contributed by atoms with Crippen LogP contribution in [0.2, 0.25) is 0 Å². The van der Waals surface area contributed by atoms with Gasteiger partial charge in [0.1, 0.15) is 0 Å². The molecule has 0 amide bonds. The summed E-state index contributed by atoms with van der Waals surface area (Å²) in [5.74, 6) is 0. The molecule has 0 aliphatic heterocycles. The molecule has 0 aliphatic carbocycles. The first-order valence-electron chi connectivity index (χ1n) is 4.69. The Balaban J connectivity index is 1.97. The Bertz CT molecular complexity index is 423. The van der Waals surface area contributed by atoms with Crippen molar-refractivity contribution in [2.45, 2.75) is 0 Å². The molecule has 0 saturated carbocycles. The molecule has 3 heteroatoms. The van der Waals surface area contributed by atoms with Gasteiger partial charge in [0.05, 0.1) is 11.9 Å². The summed E-state index contributed by atoms with van der Waals surface area (Å²) in [7, 11) is 0. The highest BCUT2D eigenvalue weighted by molar-refractivity contribution is 5.79. The van der Waals surface area contributed by atoms with Gasteiger partial charge in [-0.05, 0) is 29.8 Å². The second kappa shape index (κ2) is 4.91. The van der Waals surface area contributed by atoms with Gasteiger partial charge >= 0.3 is 0 Å². The number of anilines is 1. The SMILES string of the molecule is C(=N\Nc1ccccc1)/c1ccncc1. The van der Waals surface area contributed by atoms with Crippen molar-refractivity contribution < 1.29 is 0 Å². The second-order valence-corrected chi connectivity index (χ2v) is 3.02. The Morgan fingerprint density at radius 2 is 1.73 bits per heavy atom. The van der Waals surface area contributed by atoms with Crippen LogP contribution in [0.15, 0.2) is 60.0 Å². The van der Waals surface area contributed by atoms with Crippen LogP contribution in [0.5, 0.6) is 0 Å². The van der Waals surface area contributed by atoms with Crippen molar-refractivity contribution in [3.05, 3.63) is 60.4 Å². The fourth-order valence-corrected chi connectivity index (χ4v) is 1.14. The van der Waals surface area contributed by atoms with Gasteiger partial charge < -0.3 is 0 Å². The van der Waals surface area contributed by atoms with Crippen molar-refractivity contribution in [1.82, 2.24) is 4.98 Å². The molecular formula is C12H11N3. The molecule has 1 aromatic carbocycles. The summed E-state index contributed by atoms with van der Waals surface area (Å²) in [5, 5.41) is 4.11. The summed E-state index contributed by atoms with van der Waals surface area (Å²) < 4.78 is 0. The number of hydrogen-bond donors (Lipinski definition) is 1. The highest BCUT2D eigenvalue weighted by atomic mass is 15.3. The van der Waals surface area contributed by atoms with Crippen LogP contribution in [-0.4, -0.2) is 11.2 Å². The number of hydrazone groups is 1. The average Bonchev–Trinajstić information content (AvgIpc) is 2.32. The summed E-state index contributed by atoms with van der Waals surface area (Å²) in [6.07, 6.45) is 5.24. The van der Waals surface area contributed by atoms with E-state index in [2.05, 4.69) is 15.5 Å². The van der Waals surface area contributed by atoms with Crippen LogP contribution in [0.1, 0.15) is 5.56 Å². The van der Waals surface area contributed by atoms with Gasteiger partial charge in [0.15, 0.2) is 0 Å². The number of nitrogens with one attached hydrogen (secondary N) is 1. The van der Waals surface area contributed by atoms with Crippen LogP contribution < -0.4 is 5.43 Å². The van der Waals surface area contributed by atoms with E-state index in [9.17, 15) is 0 Å². The number of aromatic nitrogens is 1. The van der Waals surface area contributed by atoms with Gasteiger partial charge in [0.25, 0.3) is 0 Å². The molecule has 0 radical (unpaired) electrons. The summed E-state index contributed by atoms with van der Waals surface area (Å²) in [6, 6.07) is 13.6. The van der Waals surface area contributed by atoms with Gasteiger partial charge in [-0.3, -0.25) is 10.4 Å². The maximum Gasteiger partial charge on any atom is 0.0561 e. The molecule has 1 heterocycles. The van der Waals surface area contributed by atoms with E-state index in [1.54, 1.807) is 18.6 Å². The van der Waals surface area contributed by atoms with Crippen LogP contribution in [0.3, 0.4) is 0 Å². The minimum absolute atomic E-state index is 0.975. The first kappa shape index (κ1) is 9.40. The first-order chi connectivity index (χ1) is 7.45. The maximum atomic E-state index is 4.11. The van der Waals surface area contributed by atoms with Crippen LogP contribution in [0, 0.1) is 0 Å². The summed E-state index contributed by atoms with van der Waals surface area (Å²) in [5.41, 5.74) is 4.94. The van der Waals surface area contributed by atoms with E-state index in [0.717, 1.165) is 11.3 Å². The number of nitrogens with zero attached hydrogens (tertiary/aromatic N) is 2. The van der Waals surface area contributed by atoms with Crippen molar-refractivity contribution in [2.24, 2.45) is 5.10 Å². The Labute approximate surface area is 88.5 Å². The Kier molecular flexibility index (Phi) is 3.07. The van der Waals surface area contributed by atoms with E-state index in [1.807, 2.05) is 42.5 Å². The fraction of sp³-hybridized carbons (Fsp3) is 0. The van der Waals surface area contributed by atoms with Crippen molar-refractivity contribution >= 4 is 11.9 Å². The van der Waals surface area contributed by atoms with Crippen molar-refractivity contribution in [3.63, 3.8) is 0 Å². The smallest absolute Gasteiger partial charge is 0.0561 e. The van der Waals surface area contributed by atoms with E-state index < -0.39 is 0 Å². The molecule has 15 heavy (non-hydrogen) atoms. The van der Waals surface area contributed by atoms with Crippen molar-refractivity contribution in [1.29, 1.82) is 0 Å². The van der Waals surface area contributed by atoms with Crippen molar-refractivity contribution in [3.8, 4) is 0 Å². The van der Waals surface area contributed by atoms with Crippen LogP contribution in [0.4, 0.5) is 5.69 Å². The average molecular weight is 197 g/mol. The Hall–Kier alpha value is -2.16. The molecule has 0 atom stereocenters. The monoisotopic (exact) mass is 197 g/mol. The number of benzene rings is 1. The maximum absolute atomic E-state index is 4.11. The minimum Gasteiger partial charge on any atom is -0.279 e. The molecule has 2 aromatic rings. The first-order valence-corrected chi connectivity index (χ1v) is 4.69. The van der Waals surface area contributed by atoms with Gasteiger partial charge in [-0.2, -0.15) is 5.10 Å². The predicted octanol–water partition coefficient (Wildman–Crippen LogP) is 2.53. The van der Waals surface area contributed by atoms with Gasteiger partial charge in [0, 0.05) is 12.4 Å². The molecule has 0 unspecified atom stereocenters. The zero-order valence-electron chi connectivity index (χ0n) is 8.17. The molecule has 1 aromatic heterocycles. The summed E-state index contributed by atoms with van der Waals surface area (Å²) in [4.78, 5) is 3.93. The quantitative estimate of drug-likeness (QED) is 0.606. The van der Waals surface area contributed by atoms with Gasteiger partial charge in [-0.1, -0.05) is 18.2 Å². The summed E-state index contributed by atoms with van der Waals surface area (Å²) in [6.45, 7) is 0.